The Balaban J connectivity index is 3.55. The van der Waals surface area contributed by atoms with Gasteiger partial charge in [0, 0.05) is 13.2 Å². The number of rotatable bonds is 1. The third-order valence-electron chi connectivity index (χ3n) is 0.562. The molecule has 0 saturated heterocycles. The normalized spacial score (nSPS) is 7.57. The van der Waals surface area contributed by atoms with Crippen LogP contribution in [0.3, 0.4) is 0 Å². The van der Waals surface area contributed by atoms with Gasteiger partial charge in [-0.05, 0) is 0 Å². The van der Waals surface area contributed by atoms with E-state index in [4.69, 9.17) is 0 Å². The highest BCUT2D eigenvalue weighted by Crippen LogP contribution is 1.80. The van der Waals surface area contributed by atoms with E-state index in [0.29, 0.717) is 0 Å². The first kappa shape index (κ1) is 6.01. The molecule has 0 aliphatic heterocycles. The molecule has 0 unspecified atom stereocenters. The number of amides is 1. The first-order chi connectivity index (χ1) is 3.18. The molecule has 1 amide bonds. The Bertz CT molecular complexity index is 89.7. The molecule has 0 aromatic carbocycles. The maximum absolute atomic E-state index is 9.67. The van der Waals surface area contributed by atoms with E-state index in [1.807, 2.05) is 0 Å². The Kier molecular flexibility index (Phi) is 1.91. The summed E-state index contributed by atoms with van der Waals surface area (Å²) < 4.78 is 0. The SMILES string of the molecule is C=CN(C)C([O])=O. The molecule has 7 heavy (non-hydrogen) atoms. The predicted octanol–water partition coefficient (Wildman–Crippen LogP) is 0.612. The van der Waals surface area contributed by atoms with Crippen molar-refractivity contribution in [2.24, 2.45) is 0 Å². The van der Waals surface area contributed by atoms with Gasteiger partial charge in [0.05, 0.1) is 0 Å². The molecule has 0 aliphatic carbocycles. The zero-order valence-electron chi connectivity index (χ0n) is 4.05. The van der Waals surface area contributed by atoms with Crippen LogP contribution < -0.4 is 0 Å². The topological polar surface area (TPSA) is 40.2 Å². The van der Waals surface area contributed by atoms with E-state index in [0.717, 1.165) is 11.1 Å². The molecule has 0 bridgehead atoms. The van der Waals surface area contributed by atoms with Gasteiger partial charge in [0.1, 0.15) is 0 Å². The molecule has 0 atom stereocenters. The van der Waals surface area contributed by atoms with Crippen molar-refractivity contribution >= 4 is 6.09 Å². The van der Waals surface area contributed by atoms with Crippen LogP contribution in [-0.2, 0) is 5.11 Å². The molecule has 3 nitrogen and oxygen atoms in total. The first-order valence-corrected chi connectivity index (χ1v) is 1.75. The number of hydrogen-bond donors (Lipinski definition) is 0. The molecule has 0 spiro atoms. The molecule has 0 saturated carbocycles. The molecule has 3 heteroatoms. The second kappa shape index (κ2) is 2.23. The van der Waals surface area contributed by atoms with Gasteiger partial charge in [-0.15, -0.1) is 0 Å². The second-order valence-electron chi connectivity index (χ2n) is 1.06. The highest BCUT2D eigenvalue weighted by molar-refractivity contribution is 5.65. The highest BCUT2D eigenvalue weighted by atomic mass is 16.4. The van der Waals surface area contributed by atoms with E-state index in [1.165, 1.54) is 7.05 Å². The maximum Gasteiger partial charge on any atom is 0.456 e. The van der Waals surface area contributed by atoms with Crippen LogP contribution >= 0.6 is 0 Å². The van der Waals surface area contributed by atoms with Gasteiger partial charge in [-0.3, -0.25) is 4.90 Å². The predicted molar refractivity (Wildman–Crippen MR) is 24.0 cm³/mol. The van der Waals surface area contributed by atoms with Crippen LogP contribution in [0.5, 0.6) is 0 Å². The van der Waals surface area contributed by atoms with E-state index in [2.05, 4.69) is 6.58 Å². The minimum absolute atomic E-state index is 0.861. The van der Waals surface area contributed by atoms with Gasteiger partial charge >= 0.3 is 6.09 Å². The van der Waals surface area contributed by atoms with Crippen molar-refractivity contribution in [2.45, 2.75) is 0 Å². The lowest BCUT2D eigenvalue weighted by Crippen LogP contribution is -2.15. The molecule has 1 radical (unpaired) electrons. The van der Waals surface area contributed by atoms with Gasteiger partial charge in [0.2, 0.25) is 0 Å². The van der Waals surface area contributed by atoms with Crippen molar-refractivity contribution in [1.82, 2.24) is 4.90 Å². The van der Waals surface area contributed by atoms with Crippen LogP contribution in [-0.4, -0.2) is 18.0 Å². The van der Waals surface area contributed by atoms with Crippen molar-refractivity contribution in [2.75, 3.05) is 7.05 Å². The van der Waals surface area contributed by atoms with E-state index in [-0.39, 0.29) is 0 Å². The Hall–Kier alpha value is -0.990. The molecular weight excluding hydrogens is 94.0 g/mol. The van der Waals surface area contributed by atoms with Crippen molar-refractivity contribution < 1.29 is 9.90 Å². The van der Waals surface area contributed by atoms with Crippen molar-refractivity contribution in [3.8, 4) is 0 Å². The number of nitrogens with zero attached hydrogens (tertiary/aromatic N) is 1. The average Bonchev–Trinajstić information content (AvgIpc) is 1.65. The van der Waals surface area contributed by atoms with Crippen molar-refractivity contribution in [3.05, 3.63) is 12.8 Å². The van der Waals surface area contributed by atoms with Crippen LogP contribution in [0.25, 0.3) is 0 Å². The minimum atomic E-state index is -1.24. The summed E-state index contributed by atoms with van der Waals surface area (Å²) in [7, 11) is 1.35. The van der Waals surface area contributed by atoms with Crippen molar-refractivity contribution in [3.63, 3.8) is 0 Å². The zero-order chi connectivity index (χ0) is 5.86. The average molecular weight is 100 g/mol. The Labute approximate surface area is 41.9 Å². The van der Waals surface area contributed by atoms with Crippen molar-refractivity contribution in [1.29, 1.82) is 0 Å². The summed E-state index contributed by atoms with van der Waals surface area (Å²) in [6.07, 6.45) is -0.0787. The smallest absolute Gasteiger partial charge is 0.285 e. The lowest BCUT2D eigenvalue weighted by atomic mass is 10.8. The first-order valence-electron chi connectivity index (χ1n) is 1.75. The summed E-state index contributed by atoms with van der Waals surface area (Å²) in [5, 5.41) is 9.67. The fourth-order valence-electron chi connectivity index (χ4n) is 0.0745. The summed E-state index contributed by atoms with van der Waals surface area (Å²) in [6.45, 7) is 3.19. The molecule has 39 valence electrons. The Morgan fingerprint density at radius 2 is 2.29 bits per heavy atom. The van der Waals surface area contributed by atoms with Crippen LogP contribution in [0.2, 0.25) is 0 Å². The largest absolute Gasteiger partial charge is 0.456 e. The third kappa shape index (κ3) is 1.81. The molecule has 0 aromatic heterocycles. The lowest BCUT2D eigenvalue weighted by molar-refractivity contribution is 0.144. The number of carbonyl (C=O) groups excluding carboxylic acids is 1. The van der Waals surface area contributed by atoms with E-state index >= 15 is 0 Å². The maximum atomic E-state index is 9.67. The summed E-state index contributed by atoms with van der Waals surface area (Å²) in [4.78, 5) is 10.5. The summed E-state index contributed by atoms with van der Waals surface area (Å²) in [5.41, 5.74) is 0. The molecule has 0 fully saturated rings. The van der Waals surface area contributed by atoms with E-state index < -0.39 is 6.09 Å². The van der Waals surface area contributed by atoms with Gasteiger partial charge in [-0.2, -0.15) is 0 Å². The van der Waals surface area contributed by atoms with E-state index in [1.54, 1.807) is 0 Å². The summed E-state index contributed by atoms with van der Waals surface area (Å²) in [6, 6.07) is 0. The van der Waals surface area contributed by atoms with Crippen LogP contribution in [0, 0.1) is 0 Å². The molecule has 0 rings (SSSR count). The summed E-state index contributed by atoms with van der Waals surface area (Å²) >= 11 is 0. The fourth-order valence-corrected chi connectivity index (χ4v) is 0.0745. The Morgan fingerprint density at radius 1 is 1.86 bits per heavy atom. The number of hydrogen-bond acceptors (Lipinski definition) is 1. The van der Waals surface area contributed by atoms with Gasteiger partial charge in [0.15, 0.2) is 0 Å². The standard InChI is InChI=1S/C4H6NO2/c1-3-5(2)4(6)7/h3H,1H2,2H3. The highest BCUT2D eigenvalue weighted by Gasteiger charge is 1.99. The van der Waals surface area contributed by atoms with E-state index in [9.17, 15) is 9.90 Å². The molecule has 0 N–H and O–H groups in total. The molecule has 0 heterocycles. The molecular formula is C4H6NO2. The Morgan fingerprint density at radius 3 is 2.29 bits per heavy atom. The monoisotopic (exact) mass is 100 g/mol. The van der Waals surface area contributed by atoms with Gasteiger partial charge in [-0.1, -0.05) is 6.58 Å². The zero-order valence-corrected chi connectivity index (χ0v) is 4.05. The van der Waals surface area contributed by atoms with Gasteiger partial charge < -0.3 is 0 Å². The third-order valence-corrected chi connectivity index (χ3v) is 0.562. The van der Waals surface area contributed by atoms with Gasteiger partial charge in [-0.25, -0.2) is 9.90 Å². The quantitative estimate of drug-likeness (QED) is 0.476. The minimum Gasteiger partial charge on any atom is -0.285 e. The van der Waals surface area contributed by atoms with Crippen LogP contribution in [0.15, 0.2) is 12.8 Å². The number of carbonyl (C=O) groups is 1. The summed E-state index contributed by atoms with van der Waals surface area (Å²) in [5.74, 6) is 0. The second-order valence-corrected chi connectivity index (χ2v) is 1.06. The van der Waals surface area contributed by atoms with Gasteiger partial charge in [0.25, 0.3) is 0 Å². The van der Waals surface area contributed by atoms with Crippen LogP contribution in [0.1, 0.15) is 0 Å². The lowest BCUT2D eigenvalue weighted by Gasteiger charge is -1.99. The van der Waals surface area contributed by atoms with Crippen LogP contribution in [0.4, 0.5) is 4.79 Å². The fraction of sp³-hybridized carbons (Fsp3) is 0.250. The molecule has 0 aromatic rings. The molecule has 0 aliphatic rings.